The van der Waals surface area contributed by atoms with Gasteiger partial charge in [0.05, 0.1) is 5.69 Å². The summed E-state index contributed by atoms with van der Waals surface area (Å²) in [5, 5.41) is 18.5. The lowest BCUT2D eigenvalue weighted by molar-refractivity contribution is 0.451. The Morgan fingerprint density at radius 1 is 0.929 bits per heavy atom. The van der Waals surface area contributed by atoms with Crippen LogP contribution in [0.15, 0.2) is 42.6 Å². The maximum absolute atomic E-state index is 9.27. The van der Waals surface area contributed by atoms with Crippen LogP contribution in [0, 0.1) is 0 Å². The van der Waals surface area contributed by atoms with Crippen molar-refractivity contribution in [3.8, 4) is 22.8 Å². The van der Waals surface area contributed by atoms with Crippen LogP contribution in [0.1, 0.15) is 0 Å². The Bertz CT molecular complexity index is 420. The summed E-state index contributed by atoms with van der Waals surface area (Å²) in [5.41, 5.74) is 1.42. The molecule has 0 aliphatic carbocycles. The van der Waals surface area contributed by atoms with E-state index in [1.807, 2.05) is 18.2 Å². The molecule has 1 aromatic carbocycles. The van der Waals surface area contributed by atoms with Gasteiger partial charge in [0, 0.05) is 17.8 Å². The minimum Gasteiger partial charge on any atom is -0.508 e. The minimum absolute atomic E-state index is 0.0330. The summed E-state index contributed by atoms with van der Waals surface area (Å²) in [5.74, 6) is 0.0660. The third-order valence-corrected chi connectivity index (χ3v) is 1.86. The number of nitrogens with zero attached hydrogens (tertiary/aromatic N) is 1. The van der Waals surface area contributed by atoms with Crippen molar-refractivity contribution in [3.05, 3.63) is 42.6 Å². The molecule has 0 spiro atoms. The maximum Gasteiger partial charge on any atom is 0.119 e. The van der Waals surface area contributed by atoms with Crippen LogP contribution < -0.4 is 0 Å². The summed E-state index contributed by atoms with van der Waals surface area (Å²) < 4.78 is 0. The van der Waals surface area contributed by atoms with E-state index in [2.05, 4.69) is 4.98 Å². The molecule has 0 fully saturated rings. The van der Waals surface area contributed by atoms with E-state index in [9.17, 15) is 10.2 Å². The predicted molar refractivity (Wildman–Crippen MR) is 53.0 cm³/mol. The van der Waals surface area contributed by atoms with Crippen LogP contribution in [-0.4, -0.2) is 15.2 Å². The first kappa shape index (κ1) is 8.56. The Labute approximate surface area is 81.3 Å². The summed E-state index contributed by atoms with van der Waals surface area (Å²) in [7, 11) is 0. The zero-order valence-corrected chi connectivity index (χ0v) is 7.38. The Morgan fingerprint density at radius 2 is 1.64 bits per heavy atom. The van der Waals surface area contributed by atoms with Crippen molar-refractivity contribution in [2.24, 2.45) is 0 Å². The molecule has 0 amide bonds. The lowest BCUT2D eigenvalue weighted by atomic mass is 10.1. The quantitative estimate of drug-likeness (QED) is 0.719. The third kappa shape index (κ3) is 1.66. The highest BCUT2D eigenvalue weighted by Gasteiger charge is 2.01. The topological polar surface area (TPSA) is 53.4 Å². The molecule has 70 valence electrons. The van der Waals surface area contributed by atoms with E-state index in [1.165, 1.54) is 6.07 Å². The molecular formula is C11H9NO2. The van der Waals surface area contributed by atoms with Crippen molar-refractivity contribution < 1.29 is 10.2 Å². The number of phenols is 2. The summed E-state index contributed by atoms with van der Waals surface area (Å²) in [4.78, 5) is 4.11. The Kier molecular flexibility index (Phi) is 2.07. The number of aromatic nitrogens is 1. The number of benzene rings is 1. The van der Waals surface area contributed by atoms with E-state index in [0.717, 1.165) is 5.69 Å². The van der Waals surface area contributed by atoms with Gasteiger partial charge in [-0.3, -0.25) is 4.98 Å². The van der Waals surface area contributed by atoms with E-state index < -0.39 is 0 Å². The molecule has 1 heterocycles. The average molecular weight is 187 g/mol. The van der Waals surface area contributed by atoms with Crippen LogP contribution in [0.2, 0.25) is 0 Å². The second-order valence-corrected chi connectivity index (χ2v) is 2.95. The van der Waals surface area contributed by atoms with Crippen LogP contribution in [0.25, 0.3) is 11.3 Å². The molecule has 0 saturated heterocycles. The van der Waals surface area contributed by atoms with Gasteiger partial charge in [-0.1, -0.05) is 6.07 Å². The predicted octanol–water partition coefficient (Wildman–Crippen LogP) is 2.16. The van der Waals surface area contributed by atoms with Gasteiger partial charge in [0.25, 0.3) is 0 Å². The first-order chi connectivity index (χ1) is 6.75. The Hall–Kier alpha value is -2.03. The number of pyridine rings is 1. The second kappa shape index (κ2) is 3.38. The largest absolute Gasteiger partial charge is 0.508 e. The normalized spacial score (nSPS) is 10.0. The highest BCUT2D eigenvalue weighted by Crippen LogP contribution is 2.26. The number of aromatic hydroxyl groups is 2. The second-order valence-electron chi connectivity index (χ2n) is 2.95. The van der Waals surface area contributed by atoms with E-state index in [1.54, 1.807) is 18.3 Å². The Morgan fingerprint density at radius 3 is 2.21 bits per heavy atom. The number of hydrogen-bond acceptors (Lipinski definition) is 3. The molecule has 14 heavy (non-hydrogen) atoms. The van der Waals surface area contributed by atoms with Gasteiger partial charge in [-0.25, -0.2) is 0 Å². The minimum atomic E-state index is 0.0330. The molecule has 0 aliphatic heterocycles. The molecule has 3 nitrogen and oxygen atoms in total. The monoisotopic (exact) mass is 187 g/mol. The van der Waals surface area contributed by atoms with Crippen LogP contribution in [-0.2, 0) is 0 Å². The highest BCUT2D eigenvalue weighted by molar-refractivity contribution is 5.63. The fourth-order valence-electron chi connectivity index (χ4n) is 1.28. The fraction of sp³-hybridized carbons (Fsp3) is 0. The first-order valence-corrected chi connectivity index (χ1v) is 4.20. The van der Waals surface area contributed by atoms with Gasteiger partial charge in [0.2, 0.25) is 0 Å². The molecule has 2 N–H and O–H groups in total. The molecule has 0 aliphatic rings. The van der Waals surface area contributed by atoms with Gasteiger partial charge in [-0.2, -0.15) is 0 Å². The molecule has 0 atom stereocenters. The van der Waals surface area contributed by atoms with E-state index in [4.69, 9.17) is 0 Å². The molecule has 0 radical (unpaired) electrons. The van der Waals surface area contributed by atoms with E-state index >= 15 is 0 Å². The van der Waals surface area contributed by atoms with Crippen LogP contribution >= 0.6 is 0 Å². The van der Waals surface area contributed by atoms with Gasteiger partial charge in [0.15, 0.2) is 0 Å². The number of rotatable bonds is 1. The number of hydrogen-bond donors (Lipinski definition) is 2. The molecule has 0 saturated carbocycles. The first-order valence-electron chi connectivity index (χ1n) is 4.20. The van der Waals surface area contributed by atoms with Gasteiger partial charge in [-0.15, -0.1) is 0 Å². The van der Waals surface area contributed by atoms with Crippen LogP contribution in [0.5, 0.6) is 11.5 Å². The van der Waals surface area contributed by atoms with Crippen molar-refractivity contribution in [2.75, 3.05) is 0 Å². The third-order valence-electron chi connectivity index (χ3n) is 1.86. The lowest BCUT2D eigenvalue weighted by Gasteiger charge is -2.01. The van der Waals surface area contributed by atoms with Crippen molar-refractivity contribution in [2.45, 2.75) is 0 Å². The SMILES string of the molecule is Oc1cc(O)cc(-c2ccccn2)c1. The molecule has 0 unspecified atom stereocenters. The molecule has 0 bridgehead atoms. The van der Waals surface area contributed by atoms with Crippen LogP contribution in [0.3, 0.4) is 0 Å². The average Bonchev–Trinajstić information content (AvgIpc) is 2.18. The van der Waals surface area contributed by atoms with Gasteiger partial charge < -0.3 is 10.2 Å². The summed E-state index contributed by atoms with van der Waals surface area (Å²) in [6.07, 6.45) is 1.66. The van der Waals surface area contributed by atoms with E-state index in [-0.39, 0.29) is 11.5 Å². The Balaban J connectivity index is 2.52. The summed E-state index contributed by atoms with van der Waals surface area (Å²) in [6, 6.07) is 9.88. The maximum atomic E-state index is 9.27. The van der Waals surface area contributed by atoms with Crippen molar-refractivity contribution >= 4 is 0 Å². The fourth-order valence-corrected chi connectivity index (χ4v) is 1.28. The standard InChI is InChI=1S/C11H9NO2/c13-9-5-8(6-10(14)7-9)11-3-1-2-4-12-11/h1-7,13-14H. The van der Waals surface area contributed by atoms with Gasteiger partial charge >= 0.3 is 0 Å². The molecule has 2 rings (SSSR count). The van der Waals surface area contributed by atoms with Gasteiger partial charge in [0.1, 0.15) is 11.5 Å². The zero-order chi connectivity index (χ0) is 9.97. The smallest absolute Gasteiger partial charge is 0.119 e. The molecule has 1 aromatic heterocycles. The summed E-state index contributed by atoms with van der Waals surface area (Å²) in [6.45, 7) is 0. The zero-order valence-electron chi connectivity index (χ0n) is 7.38. The van der Waals surface area contributed by atoms with E-state index in [0.29, 0.717) is 5.56 Å². The van der Waals surface area contributed by atoms with Crippen molar-refractivity contribution in [1.29, 1.82) is 0 Å². The van der Waals surface area contributed by atoms with Crippen molar-refractivity contribution in [1.82, 2.24) is 4.98 Å². The van der Waals surface area contributed by atoms with Gasteiger partial charge in [-0.05, 0) is 24.3 Å². The highest BCUT2D eigenvalue weighted by atomic mass is 16.3. The van der Waals surface area contributed by atoms with Crippen molar-refractivity contribution in [3.63, 3.8) is 0 Å². The molecular weight excluding hydrogens is 178 g/mol. The number of phenolic OH excluding ortho intramolecular Hbond substituents is 2. The molecule has 3 heteroatoms. The van der Waals surface area contributed by atoms with Crippen LogP contribution in [0.4, 0.5) is 0 Å². The molecule has 2 aromatic rings. The summed E-state index contributed by atoms with van der Waals surface area (Å²) >= 11 is 0. The lowest BCUT2D eigenvalue weighted by Crippen LogP contribution is -1.81.